The third kappa shape index (κ3) is 1.99. The zero-order valence-corrected chi connectivity index (χ0v) is 11.0. The van der Waals surface area contributed by atoms with Crippen LogP contribution in [0, 0.1) is 0 Å². The summed E-state index contributed by atoms with van der Waals surface area (Å²) in [7, 11) is 0. The standard InChI is InChI=1S/C14H10Cl2N2/c15-10-7-5-9(6-8-10)13-11-3-1-2-4-12(11)14(16)18-17-13/h1-8,17-18H/p+1. The molecule has 4 heteroatoms. The van der Waals surface area contributed by atoms with Gasteiger partial charge in [0.1, 0.15) is 5.70 Å². The molecule has 1 aliphatic rings. The molecule has 0 saturated heterocycles. The van der Waals surface area contributed by atoms with Crippen molar-refractivity contribution in [3.63, 3.8) is 0 Å². The summed E-state index contributed by atoms with van der Waals surface area (Å²) >= 11 is 12.1. The Morgan fingerprint density at radius 1 is 0.833 bits per heavy atom. The van der Waals surface area contributed by atoms with E-state index in [4.69, 9.17) is 23.2 Å². The molecule has 1 aliphatic heterocycles. The van der Waals surface area contributed by atoms with Crippen molar-refractivity contribution >= 4 is 34.1 Å². The van der Waals surface area contributed by atoms with Crippen LogP contribution in [-0.4, -0.2) is 0 Å². The number of halogens is 2. The number of nitrogens with one attached hydrogen (secondary N) is 1. The van der Waals surface area contributed by atoms with Gasteiger partial charge < -0.3 is 0 Å². The highest BCUT2D eigenvalue weighted by Gasteiger charge is 2.13. The van der Waals surface area contributed by atoms with E-state index in [1.165, 1.54) is 0 Å². The van der Waals surface area contributed by atoms with Crippen molar-refractivity contribution in [2.75, 3.05) is 0 Å². The second-order valence-electron chi connectivity index (χ2n) is 4.06. The lowest BCUT2D eigenvalue weighted by Gasteiger charge is -2.13. The van der Waals surface area contributed by atoms with Crippen LogP contribution in [0.1, 0.15) is 5.56 Å². The number of rotatable bonds is 1. The summed E-state index contributed by atoms with van der Waals surface area (Å²) in [6.45, 7) is 0. The van der Waals surface area contributed by atoms with Gasteiger partial charge in [-0.05, 0) is 29.8 Å². The van der Waals surface area contributed by atoms with E-state index in [0.717, 1.165) is 31.9 Å². The SMILES string of the molecule is ClC1=c2ccccc2=C(c2ccc(Cl)cc2)N[NH2+]1. The molecule has 0 aromatic heterocycles. The smallest absolute Gasteiger partial charge is 0.230 e. The van der Waals surface area contributed by atoms with Crippen molar-refractivity contribution in [3.8, 4) is 0 Å². The van der Waals surface area contributed by atoms with E-state index in [1.54, 1.807) is 0 Å². The Hall–Kier alpha value is -1.48. The molecular formula is C14H11Cl2N2+. The van der Waals surface area contributed by atoms with Crippen LogP contribution in [0.5, 0.6) is 0 Å². The molecule has 18 heavy (non-hydrogen) atoms. The Bertz CT molecular complexity index is 705. The normalized spacial score (nSPS) is 14.1. The third-order valence-corrected chi connectivity index (χ3v) is 3.49. The fourth-order valence-corrected chi connectivity index (χ4v) is 2.40. The van der Waals surface area contributed by atoms with Crippen LogP contribution in [0.25, 0.3) is 10.9 Å². The van der Waals surface area contributed by atoms with Crippen LogP contribution in [0.2, 0.25) is 5.02 Å². The number of nitrogens with two attached hydrogens (primary N) is 1. The molecule has 2 aromatic rings. The average Bonchev–Trinajstić information content (AvgIpc) is 2.41. The van der Waals surface area contributed by atoms with Gasteiger partial charge in [0, 0.05) is 15.8 Å². The van der Waals surface area contributed by atoms with E-state index in [9.17, 15) is 0 Å². The van der Waals surface area contributed by atoms with Gasteiger partial charge in [0.2, 0.25) is 5.16 Å². The Morgan fingerprint density at radius 3 is 2.22 bits per heavy atom. The minimum atomic E-state index is 0.725. The molecule has 0 fully saturated rings. The summed E-state index contributed by atoms with van der Waals surface area (Å²) in [5.41, 5.74) is 7.19. The molecule has 0 saturated carbocycles. The first-order chi connectivity index (χ1) is 8.75. The number of hydrogen-bond donors (Lipinski definition) is 2. The Morgan fingerprint density at radius 2 is 1.50 bits per heavy atom. The van der Waals surface area contributed by atoms with E-state index >= 15 is 0 Å². The van der Waals surface area contributed by atoms with E-state index in [1.807, 2.05) is 47.9 Å². The summed E-state index contributed by atoms with van der Waals surface area (Å²) in [6.07, 6.45) is 0. The van der Waals surface area contributed by atoms with Gasteiger partial charge in [-0.15, -0.1) is 0 Å². The van der Waals surface area contributed by atoms with Gasteiger partial charge in [-0.2, -0.15) is 0 Å². The van der Waals surface area contributed by atoms with Crippen molar-refractivity contribution < 1.29 is 5.43 Å². The van der Waals surface area contributed by atoms with Gasteiger partial charge in [-0.3, -0.25) is 0 Å². The highest BCUT2D eigenvalue weighted by atomic mass is 35.5. The van der Waals surface area contributed by atoms with Crippen LogP contribution in [0.15, 0.2) is 48.5 Å². The van der Waals surface area contributed by atoms with Crippen LogP contribution >= 0.6 is 23.2 Å². The Kier molecular flexibility index (Phi) is 3.00. The van der Waals surface area contributed by atoms with E-state index in [0.29, 0.717) is 0 Å². The fourth-order valence-electron chi connectivity index (χ4n) is 2.06. The van der Waals surface area contributed by atoms with Gasteiger partial charge in [0.25, 0.3) is 0 Å². The van der Waals surface area contributed by atoms with Crippen molar-refractivity contribution in [3.05, 3.63) is 69.6 Å². The summed E-state index contributed by atoms with van der Waals surface area (Å²) in [5, 5.41) is 3.61. The molecule has 2 nitrogen and oxygen atoms in total. The van der Waals surface area contributed by atoms with Crippen LogP contribution in [0.3, 0.4) is 0 Å². The van der Waals surface area contributed by atoms with Crippen molar-refractivity contribution in [1.82, 2.24) is 5.43 Å². The van der Waals surface area contributed by atoms with Crippen LogP contribution in [-0.2, 0) is 0 Å². The minimum Gasteiger partial charge on any atom is -0.233 e. The maximum atomic E-state index is 6.19. The fraction of sp³-hybridized carbons (Fsp3) is 0. The molecule has 0 atom stereocenters. The molecule has 0 amide bonds. The predicted octanol–water partition coefficient (Wildman–Crippen LogP) is 0.883. The number of hydrogen-bond acceptors (Lipinski definition) is 1. The molecule has 0 unspecified atom stereocenters. The van der Waals surface area contributed by atoms with E-state index in [2.05, 4.69) is 11.5 Å². The van der Waals surface area contributed by atoms with Crippen LogP contribution in [0.4, 0.5) is 0 Å². The lowest BCUT2D eigenvalue weighted by molar-refractivity contribution is -0.609. The molecule has 0 bridgehead atoms. The largest absolute Gasteiger partial charge is 0.233 e. The molecular weight excluding hydrogens is 267 g/mol. The highest BCUT2D eigenvalue weighted by molar-refractivity contribution is 6.42. The first-order valence-corrected chi connectivity index (χ1v) is 6.36. The molecule has 3 N–H and O–H groups in total. The maximum Gasteiger partial charge on any atom is 0.230 e. The molecule has 1 heterocycles. The lowest BCUT2D eigenvalue weighted by Crippen LogP contribution is -2.92. The van der Waals surface area contributed by atoms with Gasteiger partial charge in [-0.1, -0.05) is 41.9 Å². The number of quaternary nitrogens is 1. The zero-order chi connectivity index (χ0) is 12.5. The molecule has 2 aromatic carbocycles. The summed E-state index contributed by atoms with van der Waals surface area (Å²) in [4.78, 5) is 0. The zero-order valence-electron chi connectivity index (χ0n) is 9.45. The second-order valence-corrected chi connectivity index (χ2v) is 4.91. The van der Waals surface area contributed by atoms with Gasteiger partial charge >= 0.3 is 0 Å². The summed E-state index contributed by atoms with van der Waals surface area (Å²) in [6, 6.07) is 15.8. The van der Waals surface area contributed by atoms with Crippen molar-refractivity contribution in [2.24, 2.45) is 0 Å². The predicted molar refractivity (Wildman–Crippen MR) is 74.0 cm³/mol. The molecule has 0 aliphatic carbocycles. The lowest BCUT2D eigenvalue weighted by atomic mass is 10.1. The number of fused-ring (bicyclic) bond motifs is 1. The Balaban J connectivity index is 2.32. The molecule has 0 radical (unpaired) electrons. The van der Waals surface area contributed by atoms with Crippen molar-refractivity contribution in [1.29, 1.82) is 0 Å². The van der Waals surface area contributed by atoms with Crippen molar-refractivity contribution in [2.45, 2.75) is 0 Å². The molecule has 3 rings (SSSR count). The third-order valence-electron chi connectivity index (χ3n) is 2.93. The minimum absolute atomic E-state index is 0.725. The topological polar surface area (TPSA) is 28.6 Å². The first-order valence-electron chi connectivity index (χ1n) is 5.60. The molecule has 90 valence electrons. The average molecular weight is 278 g/mol. The monoisotopic (exact) mass is 277 g/mol. The van der Waals surface area contributed by atoms with E-state index < -0.39 is 0 Å². The first kappa shape index (κ1) is 11.6. The van der Waals surface area contributed by atoms with E-state index in [-0.39, 0.29) is 0 Å². The second kappa shape index (κ2) is 4.65. The summed E-state index contributed by atoms with van der Waals surface area (Å²) in [5.74, 6) is 0. The molecule has 0 spiro atoms. The van der Waals surface area contributed by atoms with Gasteiger partial charge in [0.05, 0.1) is 5.22 Å². The quantitative estimate of drug-likeness (QED) is 0.588. The van der Waals surface area contributed by atoms with Crippen LogP contribution < -0.4 is 21.3 Å². The number of benzene rings is 2. The Labute approximate surface area is 115 Å². The van der Waals surface area contributed by atoms with Gasteiger partial charge in [0.15, 0.2) is 0 Å². The highest BCUT2D eigenvalue weighted by Crippen LogP contribution is 2.13. The maximum absolute atomic E-state index is 6.19. The summed E-state index contributed by atoms with van der Waals surface area (Å²) < 4.78 is 0. The van der Waals surface area contributed by atoms with Gasteiger partial charge in [-0.25, -0.2) is 10.9 Å².